The monoisotopic (exact) mass is 446 g/mol. The standard InChI is InChI=1S/C27H35BN2O3/c1-26(2)20-15-23(26)27(3)24(16-20)32-28(33-27)21(19-12-8-5-9-13-19)17-30-25(31)22(29)14-18-10-6-4-7-11-18/h4-13,20-24H,14-17,29H2,1-3H3,(H,30,31)/t20-,21+,22+,23-,24+,27-/m1/s1. The fraction of sp³-hybridized carbons (Fsp3) is 0.519. The summed E-state index contributed by atoms with van der Waals surface area (Å²) >= 11 is 0. The van der Waals surface area contributed by atoms with Gasteiger partial charge in [0.1, 0.15) is 0 Å². The molecule has 33 heavy (non-hydrogen) atoms. The van der Waals surface area contributed by atoms with Crippen LogP contribution in [0.2, 0.25) is 0 Å². The molecule has 2 aromatic rings. The Kier molecular flexibility index (Phi) is 5.88. The fourth-order valence-electron chi connectivity index (χ4n) is 6.44. The van der Waals surface area contributed by atoms with Crippen LogP contribution in [0.15, 0.2) is 60.7 Å². The van der Waals surface area contributed by atoms with E-state index in [-0.39, 0.29) is 30.5 Å². The number of nitrogens with two attached hydrogens (primary N) is 1. The molecule has 2 aromatic carbocycles. The second-order valence-corrected chi connectivity index (χ2v) is 10.9. The van der Waals surface area contributed by atoms with Crippen molar-refractivity contribution in [3.63, 3.8) is 0 Å². The zero-order valence-corrected chi connectivity index (χ0v) is 19.9. The summed E-state index contributed by atoms with van der Waals surface area (Å²) in [5, 5.41) is 3.09. The molecule has 3 saturated carbocycles. The number of rotatable bonds is 7. The van der Waals surface area contributed by atoms with Crippen LogP contribution in [0, 0.1) is 17.3 Å². The zero-order valence-electron chi connectivity index (χ0n) is 19.9. The van der Waals surface area contributed by atoms with Gasteiger partial charge in [-0.15, -0.1) is 0 Å². The van der Waals surface area contributed by atoms with Crippen LogP contribution < -0.4 is 11.1 Å². The van der Waals surface area contributed by atoms with Gasteiger partial charge in [0.15, 0.2) is 0 Å². The number of amides is 1. The first-order chi connectivity index (χ1) is 15.8. The Morgan fingerprint density at radius 3 is 2.42 bits per heavy atom. The van der Waals surface area contributed by atoms with Gasteiger partial charge in [-0.2, -0.15) is 0 Å². The summed E-state index contributed by atoms with van der Waals surface area (Å²) in [5.41, 5.74) is 8.41. The highest BCUT2D eigenvalue weighted by atomic mass is 16.7. The van der Waals surface area contributed by atoms with Crippen molar-refractivity contribution in [2.75, 3.05) is 6.54 Å². The molecule has 6 heteroatoms. The maximum atomic E-state index is 12.8. The number of hydrogen-bond acceptors (Lipinski definition) is 4. The van der Waals surface area contributed by atoms with E-state index in [2.05, 4.69) is 38.2 Å². The molecule has 0 spiro atoms. The van der Waals surface area contributed by atoms with E-state index in [0.717, 1.165) is 17.5 Å². The molecule has 174 valence electrons. The Hall–Kier alpha value is -2.15. The van der Waals surface area contributed by atoms with E-state index < -0.39 is 6.04 Å². The Morgan fingerprint density at radius 1 is 1.09 bits per heavy atom. The third-order valence-electron chi connectivity index (χ3n) is 8.66. The third-order valence-corrected chi connectivity index (χ3v) is 8.66. The van der Waals surface area contributed by atoms with Crippen molar-refractivity contribution in [1.82, 2.24) is 5.32 Å². The molecule has 5 nitrogen and oxygen atoms in total. The predicted octanol–water partition coefficient (Wildman–Crippen LogP) is 3.72. The zero-order chi connectivity index (χ0) is 23.2. The molecule has 1 amide bonds. The van der Waals surface area contributed by atoms with Crippen molar-refractivity contribution in [2.24, 2.45) is 23.0 Å². The van der Waals surface area contributed by atoms with Crippen molar-refractivity contribution in [3.8, 4) is 0 Å². The normalized spacial score (nSPS) is 31.3. The van der Waals surface area contributed by atoms with Crippen molar-refractivity contribution < 1.29 is 14.1 Å². The van der Waals surface area contributed by atoms with Crippen molar-refractivity contribution >= 4 is 13.0 Å². The molecule has 1 aliphatic heterocycles. The molecule has 6 atom stereocenters. The summed E-state index contributed by atoms with van der Waals surface area (Å²) in [7, 11) is -0.386. The largest absolute Gasteiger partial charge is 0.467 e. The molecule has 4 aliphatic rings. The topological polar surface area (TPSA) is 73.6 Å². The maximum absolute atomic E-state index is 12.8. The van der Waals surface area contributed by atoms with E-state index in [1.807, 2.05) is 48.5 Å². The minimum absolute atomic E-state index is 0.0955. The molecule has 2 bridgehead atoms. The summed E-state index contributed by atoms with van der Waals surface area (Å²) in [4.78, 5) is 12.8. The fourth-order valence-corrected chi connectivity index (χ4v) is 6.44. The molecule has 1 heterocycles. The first-order valence-electron chi connectivity index (χ1n) is 12.2. The van der Waals surface area contributed by atoms with Gasteiger partial charge in [0.25, 0.3) is 0 Å². The number of hydrogen-bond donors (Lipinski definition) is 2. The number of carbonyl (C=O) groups is 1. The predicted molar refractivity (Wildman–Crippen MR) is 130 cm³/mol. The van der Waals surface area contributed by atoms with Crippen LogP contribution in [-0.2, 0) is 20.5 Å². The molecule has 3 aliphatic carbocycles. The van der Waals surface area contributed by atoms with Gasteiger partial charge in [0.2, 0.25) is 5.91 Å². The Labute approximate surface area is 197 Å². The molecule has 1 saturated heterocycles. The van der Waals surface area contributed by atoms with Gasteiger partial charge in [-0.05, 0) is 54.6 Å². The number of benzene rings is 2. The van der Waals surface area contributed by atoms with E-state index in [4.69, 9.17) is 15.0 Å². The van der Waals surface area contributed by atoms with Crippen LogP contribution in [0.1, 0.15) is 50.6 Å². The molecule has 4 fully saturated rings. The van der Waals surface area contributed by atoms with Gasteiger partial charge in [-0.25, -0.2) is 0 Å². The van der Waals surface area contributed by atoms with Gasteiger partial charge >= 0.3 is 7.12 Å². The lowest BCUT2D eigenvalue weighted by Gasteiger charge is -2.64. The van der Waals surface area contributed by atoms with Crippen LogP contribution in [0.4, 0.5) is 0 Å². The molecule has 0 aromatic heterocycles. The summed E-state index contributed by atoms with van der Waals surface area (Å²) in [5.74, 6) is 0.962. The second-order valence-electron chi connectivity index (χ2n) is 10.9. The molecule has 6 rings (SSSR count). The van der Waals surface area contributed by atoms with Crippen LogP contribution >= 0.6 is 0 Å². The Bertz CT molecular complexity index is 985. The van der Waals surface area contributed by atoms with E-state index in [0.29, 0.717) is 30.2 Å². The molecule has 3 N–H and O–H groups in total. The van der Waals surface area contributed by atoms with Crippen LogP contribution in [0.3, 0.4) is 0 Å². The number of carbonyl (C=O) groups excluding carboxylic acids is 1. The van der Waals surface area contributed by atoms with Gasteiger partial charge in [0.05, 0.1) is 17.7 Å². The number of nitrogens with one attached hydrogen (secondary N) is 1. The van der Waals surface area contributed by atoms with Crippen LogP contribution in [0.25, 0.3) is 0 Å². The van der Waals surface area contributed by atoms with E-state index in [9.17, 15) is 4.79 Å². The SMILES string of the molecule is CC1(C)[C@H]2C[C@@H]3OB([C@@H](CNC(=O)[C@@H](N)Cc4ccccc4)c4ccccc4)O[C@]3(C)[C@@H]1C2. The summed E-state index contributed by atoms with van der Waals surface area (Å²) in [6, 6.07) is 19.5. The molecular formula is C27H35BN2O3. The van der Waals surface area contributed by atoms with Gasteiger partial charge < -0.3 is 20.4 Å². The quantitative estimate of drug-likeness (QED) is 0.636. The molecule has 0 unspecified atom stereocenters. The average Bonchev–Trinajstić information content (AvgIpc) is 3.17. The lowest BCUT2D eigenvalue weighted by atomic mass is 9.43. The summed E-state index contributed by atoms with van der Waals surface area (Å²) in [6.45, 7) is 7.40. The van der Waals surface area contributed by atoms with Crippen LogP contribution in [0.5, 0.6) is 0 Å². The summed E-state index contributed by atoms with van der Waals surface area (Å²) < 4.78 is 13.3. The van der Waals surface area contributed by atoms with Gasteiger partial charge in [-0.3, -0.25) is 4.79 Å². The minimum atomic E-state index is -0.595. The first kappa shape index (κ1) is 22.6. The molecular weight excluding hydrogens is 411 g/mol. The third kappa shape index (κ3) is 4.03. The summed E-state index contributed by atoms with van der Waals surface area (Å²) in [6.07, 6.45) is 2.89. The highest BCUT2D eigenvalue weighted by molar-refractivity contribution is 6.47. The van der Waals surface area contributed by atoms with E-state index in [1.54, 1.807) is 0 Å². The minimum Gasteiger partial charge on any atom is -0.405 e. The van der Waals surface area contributed by atoms with Gasteiger partial charge in [-0.1, -0.05) is 74.5 Å². The highest BCUT2D eigenvalue weighted by Crippen LogP contribution is 2.66. The van der Waals surface area contributed by atoms with Crippen LogP contribution in [-0.4, -0.2) is 37.3 Å². The second kappa shape index (κ2) is 8.57. The maximum Gasteiger partial charge on any atom is 0.467 e. The highest BCUT2D eigenvalue weighted by Gasteiger charge is 2.68. The van der Waals surface area contributed by atoms with Crippen molar-refractivity contribution in [3.05, 3.63) is 71.8 Å². The Balaban J connectivity index is 1.29. The lowest BCUT2D eigenvalue weighted by molar-refractivity contribution is -0.199. The molecule has 0 radical (unpaired) electrons. The van der Waals surface area contributed by atoms with E-state index >= 15 is 0 Å². The lowest BCUT2D eigenvalue weighted by Crippen LogP contribution is -2.65. The average molecular weight is 446 g/mol. The van der Waals surface area contributed by atoms with E-state index in [1.165, 1.54) is 6.42 Å². The Morgan fingerprint density at radius 2 is 1.76 bits per heavy atom. The smallest absolute Gasteiger partial charge is 0.405 e. The van der Waals surface area contributed by atoms with Gasteiger partial charge in [0, 0.05) is 12.4 Å². The first-order valence-corrected chi connectivity index (χ1v) is 12.2. The van der Waals surface area contributed by atoms with Crippen molar-refractivity contribution in [2.45, 2.75) is 63.6 Å². The van der Waals surface area contributed by atoms with Crippen molar-refractivity contribution in [1.29, 1.82) is 0 Å².